The number of morpholine rings is 1. The number of hydrogen-bond donors (Lipinski definition) is 0. The molecule has 1 aliphatic rings. The van der Waals surface area contributed by atoms with Crippen molar-refractivity contribution in [3.63, 3.8) is 0 Å². The number of aromatic nitrogens is 3. The first kappa shape index (κ1) is 16.5. The smallest absolute Gasteiger partial charge is 0.255 e. The van der Waals surface area contributed by atoms with E-state index in [1.807, 2.05) is 30.3 Å². The van der Waals surface area contributed by atoms with E-state index in [1.54, 1.807) is 30.1 Å². The highest BCUT2D eigenvalue weighted by Gasteiger charge is 2.25. The summed E-state index contributed by atoms with van der Waals surface area (Å²) < 4.78 is 7.53. The molecule has 1 aromatic carbocycles. The zero-order valence-electron chi connectivity index (χ0n) is 14.6. The molecule has 0 aliphatic carbocycles. The van der Waals surface area contributed by atoms with Gasteiger partial charge in [-0.15, -0.1) is 0 Å². The van der Waals surface area contributed by atoms with Crippen LogP contribution in [0.5, 0.6) is 0 Å². The molecule has 132 valence electrons. The van der Waals surface area contributed by atoms with Crippen molar-refractivity contribution in [1.82, 2.24) is 14.5 Å². The van der Waals surface area contributed by atoms with Crippen LogP contribution in [0.4, 0.5) is 5.95 Å². The van der Waals surface area contributed by atoms with Crippen LogP contribution in [-0.2, 0) is 11.8 Å². The van der Waals surface area contributed by atoms with Crippen LogP contribution in [0.3, 0.4) is 0 Å². The summed E-state index contributed by atoms with van der Waals surface area (Å²) in [5, 5.41) is 0. The summed E-state index contributed by atoms with van der Waals surface area (Å²) in [6.07, 6.45) is 3.37. The molecule has 1 aliphatic heterocycles. The van der Waals surface area contributed by atoms with E-state index in [1.165, 1.54) is 0 Å². The third kappa shape index (κ3) is 3.23. The minimum atomic E-state index is -0.0791. The molecule has 3 aromatic rings. The fourth-order valence-corrected chi connectivity index (χ4v) is 3.18. The molecule has 0 saturated carbocycles. The van der Waals surface area contributed by atoms with Gasteiger partial charge in [-0.2, -0.15) is 0 Å². The molecule has 0 unspecified atom stereocenters. The Labute approximate surface area is 151 Å². The molecule has 1 saturated heterocycles. The van der Waals surface area contributed by atoms with E-state index in [0.29, 0.717) is 31.3 Å². The average molecular weight is 348 g/mol. The standard InChI is InChI=1S/C20H20N4O2/c1-23-19(25)13-17(15-7-9-21-10-8-15)22-20(23)24-11-12-26-18(14-24)16-5-3-2-4-6-16/h2-10,13,18H,11-12,14H2,1H3/t18-/m0/s1. The summed E-state index contributed by atoms with van der Waals surface area (Å²) in [5.41, 5.74) is 2.59. The molecular weight excluding hydrogens is 328 g/mol. The van der Waals surface area contributed by atoms with Gasteiger partial charge >= 0.3 is 0 Å². The number of hydrogen-bond acceptors (Lipinski definition) is 5. The number of nitrogens with zero attached hydrogens (tertiary/aromatic N) is 4. The van der Waals surface area contributed by atoms with E-state index in [0.717, 1.165) is 11.1 Å². The van der Waals surface area contributed by atoms with Crippen molar-refractivity contribution in [2.45, 2.75) is 6.10 Å². The first-order valence-electron chi connectivity index (χ1n) is 8.62. The summed E-state index contributed by atoms with van der Waals surface area (Å²) >= 11 is 0. The number of anilines is 1. The second kappa shape index (κ2) is 7.09. The zero-order valence-corrected chi connectivity index (χ0v) is 14.6. The van der Waals surface area contributed by atoms with Crippen molar-refractivity contribution in [2.75, 3.05) is 24.6 Å². The number of pyridine rings is 1. The molecule has 26 heavy (non-hydrogen) atoms. The average Bonchev–Trinajstić information content (AvgIpc) is 2.71. The summed E-state index contributed by atoms with van der Waals surface area (Å²) in [6, 6.07) is 15.4. The molecule has 1 fully saturated rings. The molecule has 6 heteroatoms. The Morgan fingerprint density at radius 3 is 2.65 bits per heavy atom. The third-order valence-electron chi connectivity index (χ3n) is 4.61. The summed E-state index contributed by atoms with van der Waals surface area (Å²) in [5.74, 6) is 0.661. The van der Waals surface area contributed by atoms with Crippen LogP contribution >= 0.6 is 0 Å². The normalized spacial score (nSPS) is 17.3. The van der Waals surface area contributed by atoms with E-state index < -0.39 is 0 Å². The quantitative estimate of drug-likeness (QED) is 0.727. The van der Waals surface area contributed by atoms with Crippen LogP contribution in [0.15, 0.2) is 65.7 Å². The van der Waals surface area contributed by atoms with E-state index in [2.05, 4.69) is 22.0 Å². The second-order valence-electron chi connectivity index (χ2n) is 6.29. The fraction of sp³-hybridized carbons (Fsp3) is 0.250. The maximum Gasteiger partial charge on any atom is 0.255 e. The molecule has 0 N–H and O–H groups in total. The SMILES string of the molecule is Cn1c(N2CCO[C@H](c3ccccc3)C2)nc(-c2ccncc2)cc1=O. The van der Waals surface area contributed by atoms with Crippen molar-refractivity contribution < 1.29 is 4.74 Å². The van der Waals surface area contributed by atoms with Gasteiger partial charge in [0.25, 0.3) is 5.56 Å². The predicted octanol–water partition coefficient (Wildman–Crippen LogP) is 2.42. The highest BCUT2D eigenvalue weighted by atomic mass is 16.5. The molecule has 0 bridgehead atoms. The lowest BCUT2D eigenvalue weighted by atomic mass is 10.1. The fourth-order valence-electron chi connectivity index (χ4n) is 3.18. The van der Waals surface area contributed by atoms with Crippen molar-refractivity contribution >= 4 is 5.95 Å². The molecular formula is C20H20N4O2. The lowest BCUT2D eigenvalue weighted by Gasteiger charge is -2.34. The van der Waals surface area contributed by atoms with Gasteiger partial charge in [-0.05, 0) is 17.7 Å². The van der Waals surface area contributed by atoms with Gasteiger partial charge in [0.15, 0.2) is 0 Å². The van der Waals surface area contributed by atoms with Crippen LogP contribution in [0.1, 0.15) is 11.7 Å². The Morgan fingerprint density at radius 2 is 1.88 bits per heavy atom. The molecule has 0 radical (unpaired) electrons. The lowest BCUT2D eigenvalue weighted by Crippen LogP contribution is -2.41. The second-order valence-corrected chi connectivity index (χ2v) is 6.29. The molecule has 0 spiro atoms. The van der Waals surface area contributed by atoms with Crippen molar-refractivity contribution in [3.05, 3.63) is 76.8 Å². The lowest BCUT2D eigenvalue weighted by molar-refractivity contribution is 0.0390. The van der Waals surface area contributed by atoms with E-state index in [4.69, 9.17) is 9.72 Å². The monoisotopic (exact) mass is 348 g/mol. The largest absolute Gasteiger partial charge is 0.370 e. The highest BCUT2D eigenvalue weighted by Crippen LogP contribution is 2.25. The molecule has 6 nitrogen and oxygen atoms in total. The zero-order chi connectivity index (χ0) is 17.9. The first-order valence-corrected chi connectivity index (χ1v) is 8.62. The van der Waals surface area contributed by atoms with Gasteiger partial charge in [0.2, 0.25) is 5.95 Å². The molecule has 0 amide bonds. The third-order valence-corrected chi connectivity index (χ3v) is 4.61. The Morgan fingerprint density at radius 1 is 1.12 bits per heavy atom. The van der Waals surface area contributed by atoms with E-state index in [9.17, 15) is 4.79 Å². The van der Waals surface area contributed by atoms with Gasteiger partial charge in [-0.1, -0.05) is 30.3 Å². The Bertz CT molecular complexity index is 941. The van der Waals surface area contributed by atoms with Crippen LogP contribution < -0.4 is 10.5 Å². The summed E-state index contributed by atoms with van der Waals surface area (Å²) in [4.78, 5) is 23.4. The maximum absolute atomic E-state index is 12.5. The topological polar surface area (TPSA) is 60.2 Å². The minimum absolute atomic E-state index is 0.0357. The molecule has 1 atom stereocenters. The number of ether oxygens (including phenoxy) is 1. The number of rotatable bonds is 3. The summed E-state index contributed by atoms with van der Waals surface area (Å²) in [6.45, 7) is 1.95. The van der Waals surface area contributed by atoms with Gasteiger partial charge in [-0.25, -0.2) is 4.98 Å². The molecule has 2 aromatic heterocycles. The van der Waals surface area contributed by atoms with Crippen LogP contribution in [0.2, 0.25) is 0 Å². The van der Waals surface area contributed by atoms with Gasteiger partial charge in [0.1, 0.15) is 6.10 Å². The number of benzene rings is 1. The van der Waals surface area contributed by atoms with Crippen LogP contribution in [0, 0.1) is 0 Å². The Hall–Kier alpha value is -2.99. The first-order chi connectivity index (χ1) is 12.7. The Balaban J connectivity index is 1.68. The van der Waals surface area contributed by atoms with E-state index in [-0.39, 0.29) is 11.7 Å². The van der Waals surface area contributed by atoms with Crippen LogP contribution in [0.25, 0.3) is 11.3 Å². The van der Waals surface area contributed by atoms with Gasteiger partial charge in [-0.3, -0.25) is 14.3 Å². The molecule has 4 rings (SSSR count). The minimum Gasteiger partial charge on any atom is -0.370 e. The highest BCUT2D eigenvalue weighted by molar-refractivity contribution is 5.59. The van der Waals surface area contributed by atoms with Gasteiger partial charge in [0.05, 0.1) is 18.8 Å². The van der Waals surface area contributed by atoms with Crippen molar-refractivity contribution in [3.8, 4) is 11.3 Å². The Kier molecular flexibility index (Phi) is 4.50. The van der Waals surface area contributed by atoms with Crippen molar-refractivity contribution in [1.29, 1.82) is 0 Å². The van der Waals surface area contributed by atoms with Gasteiger partial charge < -0.3 is 9.64 Å². The predicted molar refractivity (Wildman–Crippen MR) is 100 cm³/mol. The van der Waals surface area contributed by atoms with Crippen LogP contribution in [-0.4, -0.2) is 34.2 Å². The van der Waals surface area contributed by atoms with Crippen molar-refractivity contribution in [2.24, 2.45) is 7.05 Å². The molecule has 3 heterocycles. The summed E-state index contributed by atoms with van der Waals surface area (Å²) in [7, 11) is 1.76. The van der Waals surface area contributed by atoms with Gasteiger partial charge in [0, 0.05) is 37.6 Å². The maximum atomic E-state index is 12.5. The van der Waals surface area contributed by atoms with E-state index >= 15 is 0 Å².